The van der Waals surface area contributed by atoms with Crippen molar-refractivity contribution in [2.75, 3.05) is 19.6 Å². The lowest BCUT2D eigenvalue weighted by Crippen LogP contribution is -2.30. The van der Waals surface area contributed by atoms with Gasteiger partial charge in [-0.05, 0) is 38.3 Å². The predicted octanol–water partition coefficient (Wildman–Crippen LogP) is 3.25. The van der Waals surface area contributed by atoms with Crippen LogP contribution in [0, 0.1) is 5.92 Å². The SMILES string of the molecule is O=C(CCC1CCNCC1)NCCc1csc(-c2ccccc2)n1. The van der Waals surface area contributed by atoms with Gasteiger partial charge in [0, 0.05) is 30.3 Å². The minimum atomic E-state index is 0.173. The van der Waals surface area contributed by atoms with Crippen molar-refractivity contribution in [2.24, 2.45) is 5.92 Å². The van der Waals surface area contributed by atoms with Crippen LogP contribution in [0.15, 0.2) is 35.7 Å². The van der Waals surface area contributed by atoms with E-state index in [1.54, 1.807) is 11.3 Å². The standard InChI is InChI=1S/C19H25N3OS/c23-18(7-6-15-8-11-20-12-9-15)21-13-10-17-14-24-19(22-17)16-4-2-1-3-5-16/h1-5,14-15,20H,6-13H2,(H,21,23). The van der Waals surface area contributed by atoms with Gasteiger partial charge in [0.1, 0.15) is 5.01 Å². The van der Waals surface area contributed by atoms with Crippen LogP contribution < -0.4 is 10.6 Å². The Morgan fingerprint density at radius 1 is 1.25 bits per heavy atom. The van der Waals surface area contributed by atoms with Crippen molar-refractivity contribution in [3.05, 3.63) is 41.4 Å². The normalized spacial score (nSPS) is 15.3. The quantitative estimate of drug-likeness (QED) is 0.811. The fourth-order valence-electron chi connectivity index (χ4n) is 3.06. The maximum Gasteiger partial charge on any atom is 0.220 e. The molecule has 1 aromatic heterocycles. The third-order valence-electron chi connectivity index (χ3n) is 4.51. The Hall–Kier alpha value is -1.72. The van der Waals surface area contributed by atoms with Crippen molar-refractivity contribution < 1.29 is 4.79 Å². The van der Waals surface area contributed by atoms with E-state index in [0.29, 0.717) is 18.9 Å². The maximum absolute atomic E-state index is 12.0. The van der Waals surface area contributed by atoms with Crippen LogP contribution in [0.3, 0.4) is 0 Å². The maximum atomic E-state index is 12.0. The molecule has 1 fully saturated rings. The van der Waals surface area contributed by atoms with Gasteiger partial charge >= 0.3 is 0 Å². The first-order valence-electron chi connectivity index (χ1n) is 8.78. The van der Waals surface area contributed by atoms with Gasteiger partial charge in [0.15, 0.2) is 0 Å². The van der Waals surface area contributed by atoms with E-state index in [2.05, 4.69) is 33.1 Å². The molecule has 1 aliphatic heterocycles. The number of nitrogens with zero attached hydrogens (tertiary/aromatic N) is 1. The summed E-state index contributed by atoms with van der Waals surface area (Å²) < 4.78 is 0. The molecule has 1 amide bonds. The van der Waals surface area contributed by atoms with Crippen LogP contribution in [0.5, 0.6) is 0 Å². The van der Waals surface area contributed by atoms with E-state index in [0.717, 1.165) is 42.2 Å². The van der Waals surface area contributed by atoms with E-state index in [9.17, 15) is 4.79 Å². The largest absolute Gasteiger partial charge is 0.356 e. The lowest BCUT2D eigenvalue weighted by atomic mass is 9.93. The average Bonchev–Trinajstić information content (AvgIpc) is 3.11. The lowest BCUT2D eigenvalue weighted by molar-refractivity contribution is -0.121. The second-order valence-electron chi connectivity index (χ2n) is 6.34. The summed E-state index contributed by atoms with van der Waals surface area (Å²) in [6.45, 7) is 2.86. The second kappa shape index (κ2) is 8.94. The Morgan fingerprint density at radius 2 is 2.04 bits per heavy atom. The molecule has 0 spiro atoms. The summed E-state index contributed by atoms with van der Waals surface area (Å²) in [6, 6.07) is 10.2. The number of aromatic nitrogens is 1. The number of thiazole rings is 1. The molecule has 0 saturated carbocycles. The highest BCUT2D eigenvalue weighted by Gasteiger charge is 2.14. The van der Waals surface area contributed by atoms with Crippen LogP contribution in [-0.4, -0.2) is 30.5 Å². The smallest absolute Gasteiger partial charge is 0.220 e. The molecule has 5 heteroatoms. The Morgan fingerprint density at radius 3 is 2.83 bits per heavy atom. The first kappa shape index (κ1) is 17.1. The minimum Gasteiger partial charge on any atom is -0.356 e. The van der Waals surface area contributed by atoms with Gasteiger partial charge < -0.3 is 10.6 Å². The highest BCUT2D eigenvalue weighted by molar-refractivity contribution is 7.13. The molecular formula is C19H25N3OS. The van der Waals surface area contributed by atoms with Crippen LogP contribution in [0.2, 0.25) is 0 Å². The van der Waals surface area contributed by atoms with Gasteiger partial charge in [-0.3, -0.25) is 4.79 Å². The number of carbonyl (C=O) groups is 1. The highest BCUT2D eigenvalue weighted by Crippen LogP contribution is 2.23. The lowest BCUT2D eigenvalue weighted by Gasteiger charge is -2.22. The van der Waals surface area contributed by atoms with E-state index in [-0.39, 0.29) is 5.91 Å². The van der Waals surface area contributed by atoms with E-state index >= 15 is 0 Å². The fourth-order valence-corrected chi connectivity index (χ4v) is 3.92. The van der Waals surface area contributed by atoms with Crippen molar-refractivity contribution in [2.45, 2.75) is 32.1 Å². The minimum absolute atomic E-state index is 0.173. The Kier molecular flexibility index (Phi) is 6.38. The van der Waals surface area contributed by atoms with Gasteiger partial charge in [-0.2, -0.15) is 0 Å². The number of hydrogen-bond donors (Lipinski definition) is 2. The first-order chi connectivity index (χ1) is 11.8. The van der Waals surface area contributed by atoms with Gasteiger partial charge in [-0.1, -0.05) is 30.3 Å². The van der Waals surface area contributed by atoms with Crippen molar-refractivity contribution in [3.63, 3.8) is 0 Å². The summed E-state index contributed by atoms with van der Waals surface area (Å²) in [4.78, 5) is 16.6. The summed E-state index contributed by atoms with van der Waals surface area (Å²) in [7, 11) is 0. The molecule has 2 aromatic rings. The van der Waals surface area contributed by atoms with Crippen LogP contribution in [0.4, 0.5) is 0 Å². The molecule has 0 bridgehead atoms. The van der Waals surface area contributed by atoms with Crippen molar-refractivity contribution >= 4 is 17.2 Å². The molecule has 3 rings (SSSR count). The van der Waals surface area contributed by atoms with Gasteiger partial charge in [-0.15, -0.1) is 11.3 Å². The average molecular weight is 343 g/mol. The van der Waals surface area contributed by atoms with Crippen molar-refractivity contribution in [1.29, 1.82) is 0 Å². The molecule has 4 nitrogen and oxygen atoms in total. The van der Waals surface area contributed by atoms with Crippen LogP contribution in [0.1, 0.15) is 31.4 Å². The summed E-state index contributed by atoms with van der Waals surface area (Å²) in [5.74, 6) is 0.885. The van der Waals surface area contributed by atoms with Gasteiger partial charge in [0.05, 0.1) is 5.69 Å². The van der Waals surface area contributed by atoms with Crippen LogP contribution in [0.25, 0.3) is 10.6 Å². The number of rotatable bonds is 7. The van der Waals surface area contributed by atoms with Crippen molar-refractivity contribution in [1.82, 2.24) is 15.6 Å². The zero-order valence-corrected chi connectivity index (χ0v) is 14.8. The number of carbonyl (C=O) groups excluding carboxylic acids is 1. The zero-order valence-electron chi connectivity index (χ0n) is 14.0. The molecule has 2 heterocycles. The zero-order chi connectivity index (χ0) is 16.6. The van der Waals surface area contributed by atoms with Crippen LogP contribution >= 0.6 is 11.3 Å². The molecule has 2 N–H and O–H groups in total. The fraction of sp³-hybridized carbons (Fsp3) is 0.474. The number of nitrogens with one attached hydrogen (secondary N) is 2. The number of hydrogen-bond acceptors (Lipinski definition) is 4. The molecule has 0 radical (unpaired) electrons. The van der Waals surface area contributed by atoms with E-state index in [1.807, 2.05) is 18.2 Å². The molecule has 0 atom stereocenters. The molecule has 0 aliphatic carbocycles. The molecule has 128 valence electrons. The van der Waals surface area contributed by atoms with E-state index < -0.39 is 0 Å². The van der Waals surface area contributed by atoms with Gasteiger partial charge in [0.2, 0.25) is 5.91 Å². The molecule has 1 aliphatic rings. The van der Waals surface area contributed by atoms with Crippen LogP contribution in [-0.2, 0) is 11.2 Å². The van der Waals surface area contributed by atoms with E-state index in [1.165, 1.54) is 12.8 Å². The number of piperidine rings is 1. The number of amides is 1. The summed E-state index contributed by atoms with van der Waals surface area (Å²) in [5, 5.41) is 9.52. The summed E-state index contributed by atoms with van der Waals surface area (Å²) in [5.41, 5.74) is 2.21. The number of benzene rings is 1. The topological polar surface area (TPSA) is 54.0 Å². The Balaban J connectivity index is 1.37. The Labute approximate surface area is 147 Å². The third-order valence-corrected chi connectivity index (χ3v) is 5.45. The van der Waals surface area contributed by atoms with Gasteiger partial charge in [0.25, 0.3) is 0 Å². The molecule has 1 aromatic carbocycles. The van der Waals surface area contributed by atoms with Gasteiger partial charge in [-0.25, -0.2) is 4.98 Å². The monoisotopic (exact) mass is 343 g/mol. The van der Waals surface area contributed by atoms with Crippen molar-refractivity contribution in [3.8, 4) is 10.6 Å². The predicted molar refractivity (Wildman–Crippen MR) is 99.1 cm³/mol. The second-order valence-corrected chi connectivity index (χ2v) is 7.20. The third kappa shape index (κ3) is 5.14. The molecule has 24 heavy (non-hydrogen) atoms. The summed E-state index contributed by atoms with van der Waals surface area (Å²) >= 11 is 1.66. The molecule has 1 saturated heterocycles. The van der Waals surface area contributed by atoms with E-state index in [4.69, 9.17) is 0 Å². The molecule has 0 unspecified atom stereocenters. The highest BCUT2D eigenvalue weighted by atomic mass is 32.1. The summed E-state index contributed by atoms with van der Waals surface area (Å²) in [6.07, 6.45) is 4.87. The Bertz CT molecular complexity index is 635. The first-order valence-corrected chi connectivity index (χ1v) is 9.66. The molecular weight excluding hydrogens is 318 g/mol.